The topological polar surface area (TPSA) is 65.0 Å². The maximum Gasteiger partial charge on any atom is 0.336 e. The molecule has 0 saturated heterocycles. The first kappa shape index (κ1) is 17.4. The Balaban J connectivity index is 2.58. The second-order valence-electron chi connectivity index (χ2n) is 5.18. The van der Waals surface area contributed by atoms with Gasteiger partial charge in [-0.3, -0.25) is 0 Å². The number of carboxylic acid groups (broad SMARTS) is 1. The van der Waals surface area contributed by atoms with Crippen LogP contribution in [0.2, 0.25) is 0 Å². The van der Waals surface area contributed by atoms with Gasteiger partial charge in [0.15, 0.2) is 11.5 Å². The fourth-order valence-corrected chi connectivity index (χ4v) is 2.40. The Morgan fingerprint density at radius 2 is 1.54 bits per heavy atom. The average molecular weight is 328 g/mol. The van der Waals surface area contributed by atoms with Gasteiger partial charge in [-0.15, -0.1) is 0 Å². The van der Waals surface area contributed by atoms with Crippen LogP contribution in [0.5, 0.6) is 17.2 Å². The molecular weight excluding hydrogens is 308 g/mol. The summed E-state index contributed by atoms with van der Waals surface area (Å²) in [5.41, 5.74) is 2.31. The lowest BCUT2D eigenvalue weighted by molar-refractivity contribution is -0.130. The van der Waals surface area contributed by atoms with E-state index in [0.29, 0.717) is 28.4 Å². The number of benzene rings is 2. The van der Waals surface area contributed by atoms with Crippen LogP contribution in [0.3, 0.4) is 0 Å². The summed E-state index contributed by atoms with van der Waals surface area (Å²) < 4.78 is 15.8. The van der Waals surface area contributed by atoms with Crippen molar-refractivity contribution in [2.24, 2.45) is 0 Å². The summed E-state index contributed by atoms with van der Waals surface area (Å²) in [4.78, 5) is 11.8. The monoisotopic (exact) mass is 328 g/mol. The third-order valence-electron chi connectivity index (χ3n) is 3.59. The highest BCUT2D eigenvalue weighted by Crippen LogP contribution is 2.32. The van der Waals surface area contributed by atoms with Gasteiger partial charge in [-0.25, -0.2) is 4.79 Å². The summed E-state index contributed by atoms with van der Waals surface area (Å²) in [7, 11) is 4.60. The number of ether oxygens (including phenoxy) is 3. The molecular formula is C19H20O5. The van der Waals surface area contributed by atoms with Crippen molar-refractivity contribution < 1.29 is 24.1 Å². The predicted molar refractivity (Wildman–Crippen MR) is 92.8 cm³/mol. The SMILES string of the molecule is COc1ccc(/C=C(\C(=O)O)c2cc(C)ccc2OC)cc1OC. The van der Waals surface area contributed by atoms with Crippen LogP contribution in [-0.4, -0.2) is 32.4 Å². The fourth-order valence-electron chi connectivity index (χ4n) is 2.40. The van der Waals surface area contributed by atoms with Crippen molar-refractivity contribution in [2.45, 2.75) is 6.92 Å². The van der Waals surface area contributed by atoms with Gasteiger partial charge in [-0.1, -0.05) is 17.7 Å². The van der Waals surface area contributed by atoms with E-state index in [0.717, 1.165) is 5.56 Å². The van der Waals surface area contributed by atoms with Gasteiger partial charge in [-0.2, -0.15) is 0 Å². The van der Waals surface area contributed by atoms with E-state index in [1.165, 1.54) is 14.2 Å². The highest BCUT2D eigenvalue weighted by molar-refractivity contribution is 6.21. The minimum atomic E-state index is -1.03. The molecule has 2 aromatic rings. The van der Waals surface area contributed by atoms with Crippen LogP contribution in [0, 0.1) is 6.92 Å². The van der Waals surface area contributed by atoms with E-state index in [9.17, 15) is 9.90 Å². The number of aliphatic carboxylic acids is 1. The molecule has 0 bridgehead atoms. The summed E-state index contributed by atoms with van der Waals surface area (Å²) in [5.74, 6) is 0.593. The summed E-state index contributed by atoms with van der Waals surface area (Å²) in [6.07, 6.45) is 1.58. The summed E-state index contributed by atoms with van der Waals surface area (Å²) in [6, 6.07) is 10.7. The van der Waals surface area contributed by atoms with Crippen LogP contribution in [0.1, 0.15) is 16.7 Å². The van der Waals surface area contributed by atoms with Crippen molar-refractivity contribution in [1.82, 2.24) is 0 Å². The van der Waals surface area contributed by atoms with Gasteiger partial charge in [0.1, 0.15) is 5.75 Å². The summed E-state index contributed by atoms with van der Waals surface area (Å²) in [6.45, 7) is 1.90. The predicted octanol–water partition coefficient (Wildman–Crippen LogP) is 3.65. The average Bonchev–Trinajstić information content (AvgIpc) is 2.59. The Morgan fingerprint density at radius 3 is 2.12 bits per heavy atom. The lowest BCUT2D eigenvalue weighted by atomic mass is 9.99. The van der Waals surface area contributed by atoms with E-state index in [1.807, 2.05) is 13.0 Å². The van der Waals surface area contributed by atoms with Crippen LogP contribution in [0.25, 0.3) is 11.6 Å². The summed E-state index contributed by atoms with van der Waals surface area (Å²) in [5, 5.41) is 9.65. The zero-order chi connectivity index (χ0) is 17.7. The molecule has 0 aliphatic rings. The molecule has 24 heavy (non-hydrogen) atoms. The zero-order valence-electron chi connectivity index (χ0n) is 14.1. The van der Waals surface area contributed by atoms with Gasteiger partial charge in [-0.05, 0) is 42.8 Å². The minimum absolute atomic E-state index is 0.141. The third-order valence-corrected chi connectivity index (χ3v) is 3.59. The molecule has 0 aliphatic carbocycles. The smallest absolute Gasteiger partial charge is 0.336 e. The van der Waals surface area contributed by atoms with Gasteiger partial charge in [0.25, 0.3) is 0 Å². The van der Waals surface area contributed by atoms with E-state index in [-0.39, 0.29) is 5.57 Å². The quantitative estimate of drug-likeness (QED) is 0.648. The molecule has 2 aromatic carbocycles. The first-order valence-corrected chi connectivity index (χ1v) is 7.32. The molecule has 5 heteroatoms. The number of hydrogen-bond acceptors (Lipinski definition) is 4. The molecule has 0 saturated carbocycles. The van der Waals surface area contributed by atoms with Crippen molar-refractivity contribution in [1.29, 1.82) is 0 Å². The van der Waals surface area contributed by atoms with Gasteiger partial charge in [0, 0.05) is 5.56 Å². The fraction of sp³-hybridized carbons (Fsp3) is 0.211. The third kappa shape index (κ3) is 3.68. The Hall–Kier alpha value is -2.95. The van der Waals surface area contributed by atoms with Gasteiger partial charge < -0.3 is 19.3 Å². The van der Waals surface area contributed by atoms with Crippen molar-refractivity contribution >= 4 is 17.6 Å². The Morgan fingerprint density at radius 1 is 0.917 bits per heavy atom. The highest BCUT2D eigenvalue weighted by atomic mass is 16.5. The van der Waals surface area contributed by atoms with Crippen LogP contribution in [-0.2, 0) is 4.79 Å². The molecule has 0 heterocycles. The molecule has 0 atom stereocenters. The number of methoxy groups -OCH3 is 3. The van der Waals surface area contributed by atoms with Gasteiger partial charge >= 0.3 is 5.97 Å². The molecule has 1 N–H and O–H groups in total. The number of rotatable bonds is 6. The number of carboxylic acids is 1. The number of aryl methyl sites for hydroxylation is 1. The molecule has 126 valence electrons. The standard InChI is InChI=1S/C19H20O5/c1-12-5-7-16(22-2)14(9-12)15(19(20)21)10-13-6-8-17(23-3)18(11-13)24-4/h5-11H,1-4H3,(H,20,21)/b15-10-. The van der Waals surface area contributed by atoms with Crippen molar-refractivity contribution in [2.75, 3.05) is 21.3 Å². The van der Waals surface area contributed by atoms with Gasteiger partial charge in [0.05, 0.1) is 26.9 Å². The van der Waals surface area contributed by atoms with Crippen LogP contribution in [0.4, 0.5) is 0 Å². The lowest BCUT2D eigenvalue weighted by Gasteiger charge is -2.11. The van der Waals surface area contributed by atoms with E-state index in [2.05, 4.69) is 0 Å². The van der Waals surface area contributed by atoms with Crippen molar-refractivity contribution in [3.05, 3.63) is 53.1 Å². The molecule has 0 spiro atoms. The molecule has 0 radical (unpaired) electrons. The number of hydrogen-bond donors (Lipinski definition) is 1. The molecule has 0 amide bonds. The van der Waals surface area contributed by atoms with Crippen LogP contribution < -0.4 is 14.2 Å². The first-order chi connectivity index (χ1) is 11.5. The second-order valence-corrected chi connectivity index (χ2v) is 5.18. The van der Waals surface area contributed by atoms with Crippen molar-refractivity contribution in [3.63, 3.8) is 0 Å². The molecule has 0 aliphatic heterocycles. The highest BCUT2D eigenvalue weighted by Gasteiger charge is 2.16. The van der Waals surface area contributed by atoms with Crippen LogP contribution in [0.15, 0.2) is 36.4 Å². The van der Waals surface area contributed by atoms with E-state index in [1.54, 1.807) is 43.5 Å². The maximum absolute atomic E-state index is 11.8. The molecule has 2 rings (SSSR count). The lowest BCUT2D eigenvalue weighted by Crippen LogP contribution is -2.02. The van der Waals surface area contributed by atoms with Crippen LogP contribution >= 0.6 is 0 Å². The number of carbonyl (C=O) groups is 1. The first-order valence-electron chi connectivity index (χ1n) is 7.32. The van der Waals surface area contributed by atoms with E-state index >= 15 is 0 Å². The summed E-state index contributed by atoms with van der Waals surface area (Å²) >= 11 is 0. The Labute approximate surface area is 141 Å². The van der Waals surface area contributed by atoms with Crippen molar-refractivity contribution in [3.8, 4) is 17.2 Å². The Bertz CT molecular complexity index is 777. The van der Waals surface area contributed by atoms with Gasteiger partial charge in [0.2, 0.25) is 0 Å². The Kier molecular flexibility index (Phi) is 5.47. The second kappa shape index (κ2) is 7.55. The zero-order valence-corrected chi connectivity index (χ0v) is 14.1. The molecule has 0 fully saturated rings. The van der Waals surface area contributed by atoms with E-state index < -0.39 is 5.97 Å². The molecule has 0 aromatic heterocycles. The maximum atomic E-state index is 11.8. The normalized spacial score (nSPS) is 11.1. The molecule has 0 unspecified atom stereocenters. The molecule has 5 nitrogen and oxygen atoms in total. The largest absolute Gasteiger partial charge is 0.496 e. The minimum Gasteiger partial charge on any atom is -0.496 e. The van der Waals surface area contributed by atoms with E-state index in [4.69, 9.17) is 14.2 Å².